The van der Waals surface area contributed by atoms with Gasteiger partial charge in [-0.05, 0) is 112 Å². The fourth-order valence-electron chi connectivity index (χ4n) is 13.1. The molecular formula is C70H48B2N4O2S. The Morgan fingerprint density at radius 1 is 0.468 bits per heavy atom. The van der Waals surface area contributed by atoms with E-state index in [0.717, 1.165) is 100 Å². The second-order valence-corrected chi connectivity index (χ2v) is 21.8. The van der Waals surface area contributed by atoms with Crippen LogP contribution in [0.2, 0.25) is 0 Å². The molecule has 0 spiro atoms. The highest BCUT2D eigenvalue weighted by molar-refractivity contribution is 7.25. The van der Waals surface area contributed by atoms with Crippen LogP contribution in [0.3, 0.4) is 0 Å². The van der Waals surface area contributed by atoms with Gasteiger partial charge < -0.3 is 28.4 Å². The van der Waals surface area contributed by atoms with Gasteiger partial charge in [0.15, 0.2) is 0 Å². The molecular weight excluding hydrogens is 982 g/mol. The highest BCUT2D eigenvalue weighted by Gasteiger charge is 2.44. The van der Waals surface area contributed by atoms with E-state index in [1.165, 1.54) is 42.6 Å². The molecule has 9 heteroatoms. The topological polar surface area (TPSA) is 34.8 Å². The first-order valence-corrected chi connectivity index (χ1v) is 27.8. The lowest BCUT2D eigenvalue weighted by Crippen LogP contribution is -2.60. The summed E-state index contributed by atoms with van der Waals surface area (Å²) in [5, 5.41) is 7.16. The molecule has 3 aliphatic heterocycles. The number of allylic oxidation sites excluding steroid dienone is 4. The summed E-state index contributed by atoms with van der Waals surface area (Å²) in [7, 11) is 2.19. The van der Waals surface area contributed by atoms with Gasteiger partial charge in [0, 0.05) is 73.9 Å². The molecule has 10 aromatic carbocycles. The second-order valence-electron chi connectivity index (χ2n) is 20.8. The third-order valence-electron chi connectivity index (χ3n) is 16.5. The lowest BCUT2D eigenvalue weighted by Gasteiger charge is -2.40. The summed E-state index contributed by atoms with van der Waals surface area (Å²) in [5.74, 6) is 2.33. The molecule has 0 radical (unpaired) electrons. The van der Waals surface area contributed by atoms with E-state index in [4.69, 9.17) is 16.1 Å². The van der Waals surface area contributed by atoms with Crippen molar-refractivity contribution >= 4 is 139 Å². The molecule has 79 heavy (non-hydrogen) atoms. The number of aromatic nitrogens is 2. The number of para-hydroxylation sites is 7. The highest BCUT2D eigenvalue weighted by atomic mass is 32.1. The van der Waals surface area contributed by atoms with Gasteiger partial charge in [0.05, 0.1) is 32.8 Å². The number of ether oxygens (including phenoxy) is 2. The molecule has 0 saturated carbocycles. The zero-order valence-electron chi connectivity index (χ0n) is 43.3. The van der Waals surface area contributed by atoms with Crippen molar-refractivity contribution in [2.45, 2.75) is 0 Å². The summed E-state index contributed by atoms with van der Waals surface area (Å²) < 4.78 is 20.8. The van der Waals surface area contributed by atoms with Crippen LogP contribution in [0, 0.1) is 0 Å². The van der Waals surface area contributed by atoms with Gasteiger partial charge in [0.1, 0.15) is 23.9 Å². The summed E-state index contributed by atoms with van der Waals surface area (Å²) in [6.45, 7) is 4.86. The Morgan fingerprint density at radius 2 is 1.04 bits per heavy atom. The second kappa shape index (κ2) is 17.9. The average Bonchev–Trinajstić information content (AvgIpc) is 4.26. The van der Waals surface area contributed by atoms with Gasteiger partial charge in [-0.1, -0.05) is 163 Å². The number of rotatable bonds is 6. The van der Waals surface area contributed by atoms with Crippen LogP contribution >= 0.6 is 11.3 Å². The van der Waals surface area contributed by atoms with Crippen molar-refractivity contribution in [3.05, 3.63) is 261 Å². The molecule has 0 aliphatic carbocycles. The first-order chi connectivity index (χ1) is 39.1. The first-order valence-electron chi connectivity index (χ1n) is 27.0. The molecule has 0 bridgehead atoms. The van der Waals surface area contributed by atoms with Gasteiger partial charge in [-0.25, -0.2) is 0 Å². The number of fused-ring (bicyclic) bond motifs is 12. The third-order valence-corrected chi connectivity index (χ3v) is 17.8. The molecule has 6 heterocycles. The largest absolute Gasteiger partial charge is 0.490 e. The van der Waals surface area contributed by atoms with E-state index >= 15 is 0 Å². The molecule has 0 amide bonds. The molecule has 6 nitrogen and oxygen atoms in total. The van der Waals surface area contributed by atoms with Crippen molar-refractivity contribution in [2.24, 2.45) is 0 Å². The van der Waals surface area contributed by atoms with E-state index in [9.17, 15) is 0 Å². The summed E-state index contributed by atoms with van der Waals surface area (Å²) in [6.07, 6.45) is 6.70. The molecule has 16 rings (SSSR count). The normalized spacial score (nSPS) is 14.8. The maximum absolute atomic E-state index is 7.52. The van der Waals surface area contributed by atoms with Crippen LogP contribution in [0.5, 0.6) is 17.2 Å². The maximum atomic E-state index is 7.52. The van der Waals surface area contributed by atoms with Gasteiger partial charge in [-0.2, -0.15) is 0 Å². The van der Waals surface area contributed by atoms with E-state index < -0.39 is 0 Å². The Morgan fingerprint density at radius 3 is 1.72 bits per heavy atom. The number of nitrogens with zero attached hydrogens (tertiary/aromatic N) is 4. The van der Waals surface area contributed by atoms with Crippen molar-refractivity contribution in [1.82, 2.24) is 9.13 Å². The average molecular weight is 1030 g/mol. The lowest BCUT2D eigenvalue weighted by atomic mass is 9.31. The van der Waals surface area contributed by atoms with Gasteiger partial charge in [0.25, 0.3) is 6.71 Å². The SMILES string of the molecule is C=C1/C=C\C(n2c3ccccc3c3ccccc32)=C/COc2cc3c(cc2B1c1c(N(C)c2ccccc2)sc2ccccc12)B1c2ccccc2N(c2ccccc2)c2cc(-n4c5ccccc5c5ccccc54)cc(c21)O3. The number of thiophene rings is 1. The van der Waals surface area contributed by atoms with Gasteiger partial charge in [-0.15, -0.1) is 17.9 Å². The van der Waals surface area contributed by atoms with Crippen molar-refractivity contribution in [3.63, 3.8) is 0 Å². The van der Waals surface area contributed by atoms with E-state index in [-0.39, 0.29) is 13.4 Å². The molecule has 0 N–H and O–H groups in total. The Hall–Kier alpha value is -9.69. The summed E-state index contributed by atoms with van der Waals surface area (Å²) >= 11 is 1.82. The molecule has 372 valence electrons. The fraction of sp³-hybridized carbons (Fsp3) is 0.0286. The van der Waals surface area contributed by atoms with Gasteiger partial charge in [0.2, 0.25) is 6.71 Å². The van der Waals surface area contributed by atoms with Crippen LogP contribution in [-0.2, 0) is 0 Å². The highest BCUT2D eigenvalue weighted by Crippen LogP contribution is 2.45. The number of hydrogen-bond donors (Lipinski definition) is 0. The molecule has 0 atom stereocenters. The monoisotopic (exact) mass is 1030 g/mol. The molecule has 0 unspecified atom stereocenters. The van der Waals surface area contributed by atoms with Crippen LogP contribution in [0.1, 0.15) is 0 Å². The minimum absolute atomic E-state index is 0.185. The van der Waals surface area contributed by atoms with Gasteiger partial charge in [-0.3, -0.25) is 0 Å². The molecule has 3 aliphatic rings. The number of benzene rings is 10. The summed E-state index contributed by atoms with van der Waals surface area (Å²) in [4.78, 5) is 4.77. The van der Waals surface area contributed by atoms with Crippen molar-refractivity contribution in [2.75, 3.05) is 23.5 Å². The quantitative estimate of drug-likeness (QED) is 0.156. The molecule has 13 aromatic rings. The molecule has 3 aromatic heterocycles. The lowest BCUT2D eigenvalue weighted by molar-refractivity contribution is 0.363. The van der Waals surface area contributed by atoms with E-state index in [2.05, 4.69) is 275 Å². The number of hydrogen-bond acceptors (Lipinski definition) is 5. The van der Waals surface area contributed by atoms with E-state index in [1.54, 1.807) is 0 Å². The van der Waals surface area contributed by atoms with E-state index in [1.807, 2.05) is 11.3 Å². The van der Waals surface area contributed by atoms with Crippen molar-refractivity contribution in [1.29, 1.82) is 0 Å². The standard InChI is InChI=1S/C70H48B2N4O2S/c1-45-37-38-48(74-58-31-15-9-25-50(58)51-26-10-16-32-59(51)74)39-40-77-64-44-65-57(43-56(64)71(45)68-54-29-13-20-36-67(54)79-70(68)73(2)46-21-5-3-6-22-46)72-55-30-14-19-35-62(55)75(47-23-7-4-8-24-47)63-41-49(42-66(78-65)69(63)72)76-60-33-17-11-27-52(60)53-28-12-18-34-61(53)76/h3-39,41-44H,1,40H2,2H3/b38-37-,48-39+. The Labute approximate surface area is 462 Å². The van der Waals surface area contributed by atoms with Gasteiger partial charge >= 0.3 is 0 Å². The van der Waals surface area contributed by atoms with Crippen LogP contribution in [-0.4, -0.2) is 36.2 Å². The molecule has 0 saturated heterocycles. The number of anilines is 5. The zero-order chi connectivity index (χ0) is 52.3. The third kappa shape index (κ3) is 6.99. The Kier molecular flexibility index (Phi) is 10.3. The summed E-state index contributed by atoms with van der Waals surface area (Å²) in [6, 6.07) is 83.2. The van der Waals surface area contributed by atoms with Crippen LogP contribution < -0.4 is 46.6 Å². The summed E-state index contributed by atoms with van der Waals surface area (Å²) in [5.41, 5.74) is 17.5. The minimum atomic E-state index is -0.343. The zero-order valence-corrected chi connectivity index (χ0v) is 44.1. The van der Waals surface area contributed by atoms with E-state index in [0.29, 0.717) is 6.61 Å². The minimum Gasteiger partial charge on any atom is -0.490 e. The molecule has 0 fully saturated rings. The first kappa shape index (κ1) is 45.5. The van der Waals surface area contributed by atoms with Crippen LogP contribution in [0.4, 0.5) is 27.8 Å². The smallest absolute Gasteiger partial charge is 0.256 e. The predicted molar refractivity (Wildman–Crippen MR) is 335 cm³/mol. The van der Waals surface area contributed by atoms with Crippen LogP contribution in [0.15, 0.2) is 261 Å². The Bertz CT molecular complexity index is 4620. The Balaban J connectivity index is 0.954. The van der Waals surface area contributed by atoms with Crippen LogP contribution in [0.25, 0.3) is 65.1 Å². The predicted octanol–water partition coefficient (Wildman–Crippen LogP) is 14.5. The van der Waals surface area contributed by atoms with Crippen molar-refractivity contribution < 1.29 is 9.47 Å². The fourth-order valence-corrected chi connectivity index (χ4v) is 14.3. The maximum Gasteiger partial charge on any atom is 0.256 e. The van der Waals surface area contributed by atoms with Crippen molar-refractivity contribution in [3.8, 4) is 22.9 Å².